The Balaban J connectivity index is 1.59. The van der Waals surface area contributed by atoms with Gasteiger partial charge in [-0.25, -0.2) is 9.59 Å². The molecular formula is C17H26O4. The molecular weight excluding hydrogens is 268 g/mol. The molecule has 0 heterocycles. The summed E-state index contributed by atoms with van der Waals surface area (Å²) in [4.78, 5) is 22.6. The number of esters is 2. The highest BCUT2D eigenvalue weighted by Gasteiger charge is 2.31. The molecule has 0 saturated heterocycles. The van der Waals surface area contributed by atoms with E-state index in [9.17, 15) is 9.59 Å². The predicted molar refractivity (Wildman–Crippen MR) is 79.5 cm³/mol. The molecule has 0 N–H and O–H groups in total. The monoisotopic (exact) mass is 294 g/mol. The molecule has 2 aliphatic carbocycles. The number of hydrogen-bond donors (Lipinski definition) is 0. The highest BCUT2D eigenvalue weighted by molar-refractivity contribution is 5.88. The number of rotatable bonds is 6. The second-order valence-electron chi connectivity index (χ2n) is 6.60. The minimum Gasteiger partial charge on any atom is -0.463 e. The summed E-state index contributed by atoms with van der Waals surface area (Å²) in [5, 5.41) is 0. The third-order valence-corrected chi connectivity index (χ3v) is 4.68. The van der Waals surface area contributed by atoms with E-state index < -0.39 is 11.9 Å². The lowest BCUT2D eigenvalue weighted by Crippen LogP contribution is -2.27. The lowest BCUT2D eigenvalue weighted by Gasteiger charge is -2.39. The molecule has 2 rings (SSSR count). The van der Waals surface area contributed by atoms with Crippen LogP contribution in [-0.4, -0.2) is 25.2 Å². The van der Waals surface area contributed by atoms with E-state index in [1.807, 2.05) is 0 Å². The predicted octanol–water partition coefficient (Wildman–Crippen LogP) is 3.26. The highest BCUT2D eigenvalue weighted by atomic mass is 16.6. The maximum absolute atomic E-state index is 11.5. The third-order valence-electron chi connectivity index (χ3n) is 4.68. The first-order valence-corrected chi connectivity index (χ1v) is 8.03. The summed E-state index contributed by atoms with van der Waals surface area (Å²) in [6.07, 6.45) is 9.08. The first-order chi connectivity index (χ1) is 10.0. The van der Waals surface area contributed by atoms with E-state index in [4.69, 9.17) is 9.47 Å². The molecule has 0 amide bonds. The van der Waals surface area contributed by atoms with Crippen LogP contribution in [0.5, 0.6) is 0 Å². The van der Waals surface area contributed by atoms with Gasteiger partial charge >= 0.3 is 11.9 Å². The van der Waals surface area contributed by atoms with E-state index in [1.54, 1.807) is 6.92 Å². The zero-order valence-corrected chi connectivity index (χ0v) is 12.9. The molecule has 21 heavy (non-hydrogen) atoms. The van der Waals surface area contributed by atoms with Gasteiger partial charge in [-0.05, 0) is 50.4 Å². The fourth-order valence-corrected chi connectivity index (χ4v) is 3.73. The molecule has 0 radical (unpaired) electrons. The van der Waals surface area contributed by atoms with E-state index in [2.05, 4.69) is 6.58 Å². The smallest absolute Gasteiger partial charge is 0.344 e. The molecule has 2 fully saturated rings. The van der Waals surface area contributed by atoms with Gasteiger partial charge in [0.2, 0.25) is 0 Å². The van der Waals surface area contributed by atoms with Crippen LogP contribution < -0.4 is 0 Å². The summed E-state index contributed by atoms with van der Waals surface area (Å²) in [5.41, 5.74) is 0.288. The van der Waals surface area contributed by atoms with Crippen LogP contribution in [0.1, 0.15) is 51.9 Å². The van der Waals surface area contributed by atoms with Gasteiger partial charge < -0.3 is 9.47 Å². The zero-order valence-electron chi connectivity index (χ0n) is 12.9. The second kappa shape index (κ2) is 7.62. The highest BCUT2D eigenvalue weighted by Crippen LogP contribution is 2.43. The van der Waals surface area contributed by atoms with Gasteiger partial charge in [-0.1, -0.05) is 25.8 Å². The van der Waals surface area contributed by atoms with Gasteiger partial charge in [-0.2, -0.15) is 0 Å². The lowest BCUT2D eigenvalue weighted by molar-refractivity contribution is -0.157. The average Bonchev–Trinajstić information content (AvgIpc) is 2.44. The molecule has 2 atom stereocenters. The maximum atomic E-state index is 11.5. The van der Waals surface area contributed by atoms with Crippen LogP contribution in [0.2, 0.25) is 0 Å². The number of ether oxygens (including phenoxy) is 2. The van der Waals surface area contributed by atoms with Crippen molar-refractivity contribution in [2.24, 2.45) is 17.8 Å². The van der Waals surface area contributed by atoms with Crippen molar-refractivity contribution in [2.45, 2.75) is 51.9 Å². The van der Waals surface area contributed by atoms with Crippen molar-refractivity contribution in [3.05, 3.63) is 12.2 Å². The van der Waals surface area contributed by atoms with Crippen molar-refractivity contribution >= 4 is 11.9 Å². The van der Waals surface area contributed by atoms with Crippen molar-refractivity contribution in [2.75, 3.05) is 13.2 Å². The van der Waals surface area contributed by atoms with Gasteiger partial charge in [0.25, 0.3) is 0 Å². The average molecular weight is 294 g/mol. The summed E-state index contributed by atoms with van der Waals surface area (Å²) in [7, 11) is 0. The van der Waals surface area contributed by atoms with Crippen molar-refractivity contribution in [3.8, 4) is 0 Å². The number of carbonyl (C=O) groups is 2. The molecule has 2 unspecified atom stereocenters. The normalized spacial score (nSPS) is 27.8. The van der Waals surface area contributed by atoms with Gasteiger partial charge in [-0.3, -0.25) is 0 Å². The molecule has 2 bridgehead atoms. The standard InChI is InChI=1S/C17H26O4/c1-12(2)17(19)21-11-16(18)20-7-6-15-9-13-4-3-5-14(8-13)10-15/h13-15H,1,3-11H2,2H3. The van der Waals surface area contributed by atoms with Gasteiger partial charge in [0.05, 0.1) is 6.61 Å². The minimum absolute atomic E-state index is 0.288. The Morgan fingerprint density at radius 3 is 2.38 bits per heavy atom. The number of fused-ring (bicyclic) bond motifs is 2. The summed E-state index contributed by atoms with van der Waals surface area (Å²) < 4.78 is 9.91. The Bertz CT molecular complexity index is 390. The topological polar surface area (TPSA) is 52.6 Å². The Morgan fingerprint density at radius 2 is 1.76 bits per heavy atom. The van der Waals surface area contributed by atoms with Crippen molar-refractivity contribution in [1.82, 2.24) is 0 Å². The molecule has 118 valence electrons. The quantitative estimate of drug-likeness (QED) is 0.557. The fourth-order valence-electron chi connectivity index (χ4n) is 3.73. The maximum Gasteiger partial charge on any atom is 0.344 e. The van der Waals surface area contributed by atoms with Gasteiger partial charge in [0.1, 0.15) is 0 Å². The molecule has 0 aromatic heterocycles. The molecule has 2 saturated carbocycles. The number of hydrogen-bond acceptors (Lipinski definition) is 4. The van der Waals surface area contributed by atoms with Crippen LogP contribution in [0.25, 0.3) is 0 Å². The van der Waals surface area contributed by atoms with Crippen molar-refractivity contribution < 1.29 is 19.1 Å². The van der Waals surface area contributed by atoms with Gasteiger partial charge in [0.15, 0.2) is 6.61 Å². The zero-order chi connectivity index (χ0) is 15.2. The molecule has 0 aliphatic heterocycles. The first kappa shape index (κ1) is 16.1. The van der Waals surface area contributed by atoms with Crippen LogP contribution >= 0.6 is 0 Å². The minimum atomic E-state index is -0.549. The molecule has 4 nitrogen and oxygen atoms in total. The molecule has 4 heteroatoms. The summed E-state index contributed by atoms with van der Waals surface area (Å²) in [6.45, 7) is 5.13. The Morgan fingerprint density at radius 1 is 1.10 bits per heavy atom. The van der Waals surface area contributed by atoms with Gasteiger partial charge in [0, 0.05) is 5.57 Å². The Kier molecular flexibility index (Phi) is 5.83. The van der Waals surface area contributed by atoms with Crippen LogP contribution in [0, 0.1) is 17.8 Å². The summed E-state index contributed by atoms with van der Waals surface area (Å²) >= 11 is 0. The van der Waals surface area contributed by atoms with E-state index >= 15 is 0 Å². The van der Waals surface area contributed by atoms with E-state index in [0.29, 0.717) is 12.5 Å². The number of carbonyl (C=O) groups excluding carboxylic acids is 2. The van der Waals surface area contributed by atoms with Crippen molar-refractivity contribution in [3.63, 3.8) is 0 Å². The third kappa shape index (κ3) is 5.18. The summed E-state index contributed by atoms with van der Waals surface area (Å²) in [5.74, 6) is 1.47. The first-order valence-electron chi connectivity index (χ1n) is 8.03. The van der Waals surface area contributed by atoms with Crippen molar-refractivity contribution in [1.29, 1.82) is 0 Å². The second-order valence-corrected chi connectivity index (χ2v) is 6.60. The van der Waals surface area contributed by atoms with Crippen LogP contribution in [-0.2, 0) is 19.1 Å². The van der Waals surface area contributed by atoms with E-state index in [0.717, 1.165) is 18.3 Å². The van der Waals surface area contributed by atoms with Gasteiger partial charge in [-0.15, -0.1) is 0 Å². The van der Waals surface area contributed by atoms with Crippen LogP contribution in [0.4, 0.5) is 0 Å². The Labute approximate surface area is 126 Å². The summed E-state index contributed by atoms with van der Waals surface area (Å²) in [6, 6.07) is 0. The van der Waals surface area contributed by atoms with E-state index in [-0.39, 0.29) is 12.2 Å². The van der Waals surface area contributed by atoms with Crippen LogP contribution in [0.3, 0.4) is 0 Å². The Hall–Kier alpha value is -1.32. The largest absolute Gasteiger partial charge is 0.463 e. The molecule has 2 aliphatic rings. The SMILES string of the molecule is C=C(C)C(=O)OCC(=O)OCCC1CC2CCCC(C2)C1. The molecule has 0 spiro atoms. The van der Waals surface area contributed by atoms with E-state index in [1.165, 1.54) is 38.5 Å². The van der Waals surface area contributed by atoms with Crippen LogP contribution in [0.15, 0.2) is 12.2 Å². The molecule has 0 aromatic carbocycles. The lowest BCUT2D eigenvalue weighted by atomic mass is 9.67. The fraction of sp³-hybridized carbons (Fsp3) is 0.765. The molecule has 0 aromatic rings.